The lowest BCUT2D eigenvalue weighted by molar-refractivity contribution is 0.0464. The number of imidazole rings is 1. The van der Waals surface area contributed by atoms with Crippen molar-refractivity contribution in [1.82, 2.24) is 9.55 Å². The first-order valence-corrected chi connectivity index (χ1v) is 6.04. The average Bonchev–Trinajstić information content (AvgIpc) is 2.80. The van der Waals surface area contributed by atoms with Gasteiger partial charge in [0.25, 0.3) is 0 Å². The summed E-state index contributed by atoms with van der Waals surface area (Å²) in [6.07, 6.45) is 8.93. The molecule has 0 radical (unpaired) electrons. The fraction of sp³-hybridized carbons (Fsp3) is 0.750. The summed E-state index contributed by atoms with van der Waals surface area (Å²) in [5, 5.41) is 0. The molecule has 0 aromatic carbocycles. The zero-order valence-electron chi connectivity index (χ0n) is 10.1. The molecule has 4 nitrogen and oxygen atoms in total. The summed E-state index contributed by atoms with van der Waals surface area (Å²) in [6, 6.07) is 0. The zero-order chi connectivity index (χ0) is 11.5. The first kappa shape index (κ1) is 13.2. The molecule has 0 atom stereocenters. The van der Waals surface area contributed by atoms with Crippen LogP contribution < -0.4 is 0 Å². The Labute approximate surface area is 97.6 Å². The van der Waals surface area contributed by atoms with Crippen molar-refractivity contribution in [2.75, 3.05) is 26.4 Å². The first-order valence-electron chi connectivity index (χ1n) is 6.04. The second-order valence-electron chi connectivity index (χ2n) is 3.73. The minimum atomic E-state index is 0.713. The third kappa shape index (κ3) is 6.58. The minimum Gasteiger partial charge on any atom is -0.379 e. The summed E-state index contributed by atoms with van der Waals surface area (Å²) in [6.45, 7) is 6.22. The third-order valence-corrected chi connectivity index (χ3v) is 2.23. The Kier molecular flexibility index (Phi) is 7.72. The van der Waals surface area contributed by atoms with Crippen molar-refractivity contribution in [3.8, 4) is 0 Å². The van der Waals surface area contributed by atoms with Crippen LogP contribution in [0, 0.1) is 0 Å². The fourth-order valence-electron chi connectivity index (χ4n) is 1.38. The molecule has 0 aliphatic heterocycles. The maximum atomic E-state index is 5.45. The van der Waals surface area contributed by atoms with Crippen molar-refractivity contribution < 1.29 is 9.47 Å². The van der Waals surface area contributed by atoms with Crippen LogP contribution in [0.25, 0.3) is 0 Å². The predicted molar refractivity (Wildman–Crippen MR) is 63.4 cm³/mol. The molecule has 0 aliphatic rings. The summed E-state index contributed by atoms with van der Waals surface area (Å²) < 4.78 is 12.8. The van der Waals surface area contributed by atoms with Crippen molar-refractivity contribution in [2.45, 2.75) is 32.7 Å². The number of nitrogens with zero attached hydrogens (tertiary/aromatic N) is 2. The molecule has 0 fully saturated rings. The average molecular weight is 226 g/mol. The Balaban J connectivity index is 1.78. The van der Waals surface area contributed by atoms with Gasteiger partial charge in [-0.15, -0.1) is 0 Å². The Morgan fingerprint density at radius 2 is 1.88 bits per heavy atom. The maximum absolute atomic E-state index is 5.45. The molecular weight excluding hydrogens is 204 g/mol. The summed E-state index contributed by atoms with van der Waals surface area (Å²) in [5.41, 5.74) is 0. The smallest absolute Gasteiger partial charge is 0.0945 e. The van der Waals surface area contributed by atoms with Gasteiger partial charge in [0.1, 0.15) is 0 Å². The Hall–Kier alpha value is -0.870. The van der Waals surface area contributed by atoms with E-state index in [4.69, 9.17) is 9.47 Å². The van der Waals surface area contributed by atoms with E-state index in [9.17, 15) is 0 Å². The molecule has 0 amide bonds. The van der Waals surface area contributed by atoms with Gasteiger partial charge < -0.3 is 14.0 Å². The molecule has 0 N–H and O–H groups in total. The van der Waals surface area contributed by atoms with E-state index in [1.807, 2.05) is 18.7 Å². The van der Waals surface area contributed by atoms with Gasteiger partial charge in [0.2, 0.25) is 0 Å². The van der Waals surface area contributed by atoms with E-state index in [0.717, 1.165) is 45.6 Å². The molecule has 0 saturated heterocycles. The van der Waals surface area contributed by atoms with Crippen molar-refractivity contribution in [1.29, 1.82) is 0 Å². The number of rotatable bonds is 10. The van der Waals surface area contributed by atoms with E-state index in [1.54, 1.807) is 0 Å². The summed E-state index contributed by atoms with van der Waals surface area (Å²) in [7, 11) is 0. The van der Waals surface area contributed by atoms with Gasteiger partial charge in [-0.25, -0.2) is 4.98 Å². The molecule has 16 heavy (non-hydrogen) atoms. The van der Waals surface area contributed by atoms with Crippen molar-refractivity contribution >= 4 is 0 Å². The van der Waals surface area contributed by atoms with Crippen molar-refractivity contribution in [2.24, 2.45) is 0 Å². The molecule has 92 valence electrons. The number of aromatic nitrogens is 2. The monoisotopic (exact) mass is 226 g/mol. The molecule has 4 heteroatoms. The number of unbranched alkanes of at least 4 members (excludes halogenated alkanes) is 1. The fourth-order valence-corrected chi connectivity index (χ4v) is 1.38. The Morgan fingerprint density at radius 3 is 2.56 bits per heavy atom. The van der Waals surface area contributed by atoms with Gasteiger partial charge in [0.05, 0.1) is 19.5 Å². The number of aryl methyl sites for hydroxylation is 1. The highest BCUT2D eigenvalue weighted by atomic mass is 16.5. The third-order valence-electron chi connectivity index (χ3n) is 2.23. The predicted octanol–water partition coefficient (Wildman–Crippen LogP) is 2.11. The SMILES string of the molecule is CCCOCCOCCCCn1ccnc1. The van der Waals surface area contributed by atoms with Crippen LogP contribution in [0.15, 0.2) is 18.7 Å². The maximum Gasteiger partial charge on any atom is 0.0945 e. The highest BCUT2D eigenvalue weighted by Gasteiger charge is 1.92. The molecule has 1 heterocycles. The standard InChI is InChI=1S/C12H22N2O2/c1-2-8-15-10-11-16-9-4-3-6-14-7-5-13-12-14/h5,7,12H,2-4,6,8-11H2,1H3. The summed E-state index contributed by atoms with van der Waals surface area (Å²) in [4.78, 5) is 3.99. The van der Waals surface area contributed by atoms with Crippen LogP contribution >= 0.6 is 0 Å². The number of ether oxygens (including phenoxy) is 2. The van der Waals surface area contributed by atoms with Crippen molar-refractivity contribution in [3.05, 3.63) is 18.7 Å². The van der Waals surface area contributed by atoms with Crippen molar-refractivity contribution in [3.63, 3.8) is 0 Å². The van der Waals surface area contributed by atoms with Gasteiger partial charge in [0, 0.05) is 32.2 Å². The molecular formula is C12H22N2O2. The van der Waals surface area contributed by atoms with Crippen LogP contribution in [0.2, 0.25) is 0 Å². The lowest BCUT2D eigenvalue weighted by Gasteiger charge is -2.05. The molecule has 0 aliphatic carbocycles. The van der Waals surface area contributed by atoms with E-state index in [2.05, 4.69) is 16.5 Å². The number of hydrogen-bond acceptors (Lipinski definition) is 3. The molecule has 0 bridgehead atoms. The highest BCUT2D eigenvalue weighted by molar-refractivity contribution is 4.73. The summed E-state index contributed by atoms with van der Waals surface area (Å²) >= 11 is 0. The summed E-state index contributed by atoms with van der Waals surface area (Å²) in [5.74, 6) is 0. The van der Waals surface area contributed by atoms with Crippen LogP contribution in [-0.2, 0) is 16.0 Å². The largest absolute Gasteiger partial charge is 0.379 e. The van der Waals surface area contributed by atoms with E-state index in [-0.39, 0.29) is 0 Å². The highest BCUT2D eigenvalue weighted by Crippen LogP contribution is 1.95. The molecule has 0 saturated carbocycles. The Bertz CT molecular complexity index is 237. The van der Waals surface area contributed by atoms with Gasteiger partial charge in [-0.1, -0.05) is 6.92 Å². The topological polar surface area (TPSA) is 36.3 Å². The minimum absolute atomic E-state index is 0.713. The molecule has 1 aromatic rings. The van der Waals surface area contributed by atoms with Crippen LogP contribution in [0.3, 0.4) is 0 Å². The molecule has 0 unspecified atom stereocenters. The van der Waals surface area contributed by atoms with Crippen LogP contribution in [0.4, 0.5) is 0 Å². The molecule has 1 aromatic heterocycles. The lowest BCUT2D eigenvalue weighted by atomic mass is 10.3. The number of hydrogen-bond donors (Lipinski definition) is 0. The Morgan fingerprint density at radius 1 is 1.06 bits per heavy atom. The quantitative estimate of drug-likeness (QED) is 0.573. The van der Waals surface area contributed by atoms with E-state index in [1.165, 1.54) is 0 Å². The van der Waals surface area contributed by atoms with Gasteiger partial charge in [-0.2, -0.15) is 0 Å². The zero-order valence-corrected chi connectivity index (χ0v) is 10.1. The van der Waals surface area contributed by atoms with Crippen LogP contribution in [0.5, 0.6) is 0 Å². The van der Waals surface area contributed by atoms with E-state index in [0.29, 0.717) is 6.61 Å². The van der Waals surface area contributed by atoms with Gasteiger partial charge in [-0.05, 0) is 19.3 Å². The lowest BCUT2D eigenvalue weighted by Crippen LogP contribution is -2.06. The first-order chi connectivity index (χ1) is 7.93. The van der Waals surface area contributed by atoms with E-state index < -0.39 is 0 Å². The van der Waals surface area contributed by atoms with Gasteiger partial charge in [-0.3, -0.25) is 0 Å². The van der Waals surface area contributed by atoms with Crippen LogP contribution in [0.1, 0.15) is 26.2 Å². The second-order valence-corrected chi connectivity index (χ2v) is 3.73. The van der Waals surface area contributed by atoms with Gasteiger partial charge in [0.15, 0.2) is 0 Å². The second kappa shape index (κ2) is 9.36. The van der Waals surface area contributed by atoms with E-state index >= 15 is 0 Å². The molecule has 1 rings (SSSR count). The normalized spacial score (nSPS) is 10.8. The molecule has 0 spiro atoms. The van der Waals surface area contributed by atoms with Gasteiger partial charge >= 0.3 is 0 Å². The van der Waals surface area contributed by atoms with Crippen LogP contribution in [-0.4, -0.2) is 36.0 Å².